The second kappa shape index (κ2) is 4.89. The lowest BCUT2D eigenvalue weighted by Gasteiger charge is -2.07. The Labute approximate surface area is 106 Å². The molecule has 0 saturated carbocycles. The van der Waals surface area contributed by atoms with E-state index in [1.54, 1.807) is 0 Å². The van der Waals surface area contributed by atoms with Crippen molar-refractivity contribution in [3.8, 4) is 11.6 Å². The molecule has 0 unspecified atom stereocenters. The third-order valence-electron chi connectivity index (χ3n) is 2.29. The second-order valence-corrected chi connectivity index (χ2v) is 3.65. The summed E-state index contributed by atoms with van der Waals surface area (Å²) in [5.41, 5.74) is 10.7. The highest BCUT2D eigenvalue weighted by Crippen LogP contribution is 2.23. The fraction of sp³-hybridized carbons (Fsp3) is 0. The van der Waals surface area contributed by atoms with Crippen molar-refractivity contribution in [2.24, 2.45) is 5.73 Å². The minimum Gasteiger partial charge on any atom is -0.439 e. The molecule has 0 aliphatic heterocycles. The number of ether oxygens (including phenoxy) is 1. The number of aromatic nitrogens is 1. The molecule has 0 fully saturated rings. The topological polar surface area (TPSA) is 91.2 Å². The van der Waals surface area contributed by atoms with E-state index in [1.807, 2.05) is 0 Å². The maximum Gasteiger partial charge on any atom is 0.251 e. The Balaban J connectivity index is 2.30. The number of nitrogens with zero attached hydrogens (tertiary/aromatic N) is 1. The zero-order valence-corrected chi connectivity index (χ0v) is 9.56. The summed E-state index contributed by atoms with van der Waals surface area (Å²) in [6.07, 6.45) is 1.19. The lowest BCUT2D eigenvalue weighted by atomic mass is 10.2. The fourth-order valence-corrected chi connectivity index (χ4v) is 1.38. The monoisotopic (exact) mass is 265 g/mol. The molecule has 0 bridgehead atoms. The molecule has 98 valence electrons. The SMILES string of the molecule is NC(=O)c1cc(Oc2ccc(F)c(F)c2)ncc1N. The van der Waals surface area contributed by atoms with Gasteiger partial charge in [0.15, 0.2) is 11.6 Å². The van der Waals surface area contributed by atoms with Crippen LogP contribution in [0.15, 0.2) is 30.5 Å². The van der Waals surface area contributed by atoms with E-state index in [-0.39, 0.29) is 22.9 Å². The molecule has 1 heterocycles. The van der Waals surface area contributed by atoms with Gasteiger partial charge in [-0.15, -0.1) is 0 Å². The number of carbonyl (C=O) groups excluding carboxylic acids is 1. The second-order valence-electron chi connectivity index (χ2n) is 3.65. The van der Waals surface area contributed by atoms with Crippen molar-refractivity contribution in [1.29, 1.82) is 0 Å². The van der Waals surface area contributed by atoms with Gasteiger partial charge in [0.05, 0.1) is 17.4 Å². The first-order valence-corrected chi connectivity index (χ1v) is 5.15. The number of nitrogen functional groups attached to an aromatic ring is 1. The van der Waals surface area contributed by atoms with Gasteiger partial charge >= 0.3 is 0 Å². The Hall–Kier alpha value is -2.70. The Morgan fingerprint density at radius 3 is 2.58 bits per heavy atom. The first kappa shape index (κ1) is 12.7. The molecule has 7 heteroatoms. The first-order chi connectivity index (χ1) is 8.97. The maximum absolute atomic E-state index is 13.0. The molecule has 2 aromatic rings. The van der Waals surface area contributed by atoms with Crippen molar-refractivity contribution in [3.63, 3.8) is 0 Å². The molecule has 0 radical (unpaired) electrons. The van der Waals surface area contributed by atoms with Crippen molar-refractivity contribution in [2.75, 3.05) is 5.73 Å². The minimum absolute atomic E-state index is 0.00555. The zero-order valence-electron chi connectivity index (χ0n) is 9.56. The van der Waals surface area contributed by atoms with Gasteiger partial charge < -0.3 is 16.2 Å². The van der Waals surface area contributed by atoms with Crippen LogP contribution < -0.4 is 16.2 Å². The normalized spacial score (nSPS) is 10.2. The molecule has 1 aromatic carbocycles. The van der Waals surface area contributed by atoms with Gasteiger partial charge in [-0.25, -0.2) is 13.8 Å². The quantitative estimate of drug-likeness (QED) is 0.885. The van der Waals surface area contributed by atoms with Gasteiger partial charge in [-0.05, 0) is 12.1 Å². The van der Waals surface area contributed by atoms with Gasteiger partial charge in [0, 0.05) is 12.1 Å². The van der Waals surface area contributed by atoms with Gasteiger partial charge in [0.25, 0.3) is 5.91 Å². The van der Waals surface area contributed by atoms with Crippen LogP contribution in [-0.2, 0) is 0 Å². The smallest absolute Gasteiger partial charge is 0.251 e. The predicted octanol–water partition coefficient (Wildman–Crippen LogP) is 1.83. The first-order valence-electron chi connectivity index (χ1n) is 5.15. The van der Waals surface area contributed by atoms with Gasteiger partial charge in [-0.1, -0.05) is 0 Å². The molecule has 0 spiro atoms. The van der Waals surface area contributed by atoms with Crippen LogP contribution in [0.5, 0.6) is 11.6 Å². The Morgan fingerprint density at radius 2 is 1.95 bits per heavy atom. The van der Waals surface area contributed by atoms with Crippen molar-refractivity contribution >= 4 is 11.6 Å². The molecule has 4 N–H and O–H groups in total. The Kier molecular flexibility index (Phi) is 3.28. The fourth-order valence-electron chi connectivity index (χ4n) is 1.38. The van der Waals surface area contributed by atoms with Crippen LogP contribution in [0.1, 0.15) is 10.4 Å². The summed E-state index contributed by atoms with van der Waals surface area (Å²) < 4.78 is 30.9. The van der Waals surface area contributed by atoms with Crippen molar-refractivity contribution in [3.05, 3.63) is 47.7 Å². The van der Waals surface area contributed by atoms with Crippen LogP contribution in [-0.4, -0.2) is 10.9 Å². The van der Waals surface area contributed by atoms with E-state index >= 15 is 0 Å². The Morgan fingerprint density at radius 1 is 1.21 bits per heavy atom. The number of primary amides is 1. The standard InChI is InChI=1S/C12H9F2N3O2/c13-8-2-1-6(3-9(8)14)19-11-4-7(12(16)18)10(15)5-17-11/h1-5H,15H2,(H2,16,18). The summed E-state index contributed by atoms with van der Waals surface area (Å²) in [7, 11) is 0. The molecule has 5 nitrogen and oxygen atoms in total. The number of pyridine rings is 1. The van der Waals surface area contributed by atoms with E-state index in [0.29, 0.717) is 0 Å². The van der Waals surface area contributed by atoms with Gasteiger partial charge in [0.1, 0.15) is 5.75 Å². The average Bonchev–Trinajstić information content (AvgIpc) is 2.36. The summed E-state index contributed by atoms with van der Waals surface area (Å²) in [5.74, 6) is -2.76. The van der Waals surface area contributed by atoms with E-state index in [4.69, 9.17) is 16.2 Å². The molecular formula is C12H9F2N3O2. The third kappa shape index (κ3) is 2.76. The highest BCUT2D eigenvalue weighted by molar-refractivity contribution is 5.98. The molecule has 0 saturated heterocycles. The summed E-state index contributed by atoms with van der Waals surface area (Å²) in [4.78, 5) is 14.9. The molecule has 2 rings (SSSR count). The average molecular weight is 265 g/mol. The predicted molar refractivity (Wildman–Crippen MR) is 63.6 cm³/mol. The van der Waals surface area contributed by atoms with E-state index < -0.39 is 17.5 Å². The number of hydrogen-bond donors (Lipinski definition) is 2. The van der Waals surface area contributed by atoms with Crippen LogP contribution in [0.2, 0.25) is 0 Å². The molecule has 0 aliphatic rings. The number of halogens is 2. The van der Waals surface area contributed by atoms with Crippen LogP contribution in [0.3, 0.4) is 0 Å². The van der Waals surface area contributed by atoms with Crippen molar-refractivity contribution in [1.82, 2.24) is 4.98 Å². The van der Waals surface area contributed by atoms with Crippen LogP contribution in [0.4, 0.5) is 14.5 Å². The molecule has 1 aromatic heterocycles. The van der Waals surface area contributed by atoms with E-state index in [0.717, 1.165) is 12.1 Å². The zero-order chi connectivity index (χ0) is 14.0. The largest absolute Gasteiger partial charge is 0.439 e. The van der Waals surface area contributed by atoms with Crippen LogP contribution in [0, 0.1) is 11.6 Å². The van der Waals surface area contributed by atoms with Crippen LogP contribution >= 0.6 is 0 Å². The van der Waals surface area contributed by atoms with Gasteiger partial charge in [-0.2, -0.15) is 0 Å². The molecular weight excluding hydrogens is 256 g/mol. The highest BCUT2D eigenvalue weighted by atomic mass is 19.2. The molecule has 0 aliphatic carbocycles. The number of nitrogens with two attached hydrogens (primary N) is 2. The number of amides is 1. The molecule has 1 amide bonds. The highest BCUT2D eigenvalue weighted by Gasteiger charge is 2.10. The molecule has 0 atom stereocenters. The van der Waals surface area contributed by atoms with Gasteiger partial charge in [0.2, 0.25) is 5.88 Å². The summed E-state index contributed by atoms with van der Waals surface area (Å²) in [6, 6.07) is 4.22. The maximum atomic E-state index is 13.0. The molecule has 19 heavy (non-hydrogen) atoms. The lowest BCUT2D eigenvalue weighted by Crippen LogP contribution is -2.13. The van der Waals surface area contributed by atoms with Gasteiger partial charge in [-0.3, -0.25) is 4.79 Å². The number of anilines is 1. The number of rotatable bonds is 3. The summed E-state index contributed by atoms with van der Waals surface area (Å²) in [5, 5.41) is 0. The van der Waals surface area contributed by atoms with E-state index in [2.05, 4.69) is 4.98 Å². The summed E-state index contributed by atoms with van der Waals surface area (Å²) >= 11 is 0. The number of carbonyl (C=O) groups is 1. The van der Waals surface area contributed by atoms with E-state index in [1.165, 1.54) is 18.3 Å². The Bertz CT molecular complexity index is 647. The number of benzene rings is 1. The summed E-state index contributed by atoms with van der Waals surface area (Å²) in [6.45, 7) is 0. The van der Waals surface area contributed by atoms with Crippen LogP contribution in [0.25, 0.3) is 0 Å². The van der Waals surface area contributed by atoms with Crippen molar-refractivity contribution in [2.45, 2.75) is 0 Å². The van der Waals surface area contributed by atoms with Crippen molar-refractivity contribution < 1.29 is 18.3 Å². The third-order valence-corrected chi connectivity index (χ3v) is 2.29. The minimum atomic E-state index is -1.05. The lowest BCUT2D eigenvalue weighted by molar-refractivity contribution is 0.100. The van der Waals surface area contributed by atoms with E-state index in [9.17, 15) is 13.6 Å². The number of hydrogen-bond acceptors (Lipinski definition) is 4.